The van der Waals surface area contributed by atoms with Crippen LogP contribution in [0.4, 0.5) is 10.5 Å². The highest BCUT2D eigenvalue weighted by molar-refractivity contribution is 7.91. The van der Waals surface area contributed by atoms with E-state index in [0.717, 1.165) is 35.6 Å². The van der Waals surface area contributed by atoms with E-state index in [9.17, 15) is 21.6 Å². The number of carbonyl (C=O) groups is 1. The molecule has 210 valence electrons. The first-order chi connectivity index (χ1) is 18.0. The molecule has 0 radical (unpaired) electrons. The maximum Gasteiger partial charge on any atom is 0.407 e. The van der Waals surface area contributed by atoms with E-state index < -0.39 is 19.9 Å². The van der Waals surface area contributed by atoms with Crippen molar-refractivity contribution in [1.29, 1.82) is 0 Å². The van der Waals surface area contributed by atoms with Crippen LogP contribution < -0.4 is 14.9 Å². The number of rotatable bonds is 8. The molecule has 1 amide bonds. The summed E-state index contributed by atoms with van der Waals surface area (Å²) in [6.45, 7) is 6.29. The molecule has 1 aliphatic heterocycles. The number of hydrogen-bond acceptors (Lipinski definition) is 9. The van der Waals surface area contributed by atoms with Gasteiger partial charge in [0.25, 0.3) is 0 Å². The monoisotopic (exact) mass is 584 g/mol. The van der Waals surface area contributed by atoms with Crippen molar-refractivity contribution in [2.24, 2.45) is 0 Å². The van der Waals surface area contributed by atoms with Crippen LogP contribution in [0.25, 0.3) is 10.4 Å². The topological polar surface area (TPSA) is 135 Å². The molecule has 2 aromatic rings. The van der Waals surface area contributed by atoms with Crippen molar-refractivity contribution in [2.45, 2.75) is 69.4 Å². The number of thiazole rings is 1. The highest BCUT2D eigenvalue weighted by atomic mass is 32.2. The van der Waals surface area contributed by atoms with Gasteiger partial charge in [0.2, 0.25) is 10.0 Å². The van der Waals surface area contributed by atoms with Gasteiger partial charge >= 0.3 is 6.09 Å². The molecule has 1 aliphatic carbocycles. The molecule has 1 aromatic carbocycles. The second kappa shape index (κ2) is 11.9. The Morgan fingerprint density at radius 3 is 2.50 bits per heavy atom. The van der Waals surface area contributed by atoms with Crippen molar-refractivity contribution in [3.63, 3.8) is 0 Å². The first-order valence-corrected chi connectivity index (χ1v) is 17.1. The summed E-state index contributed by atoms with van der Waals surface area (Å²) >= 11 is 1.50. The maximum atomic E-state index is 13.2. The fraction of sp³-hybridized carbons (Fsp3) is 0.600. The highest BCUT2D eigenvalue weighted by Crippen LogP contribution is 2.40. The summed E-state index contributed by atoms with van der Waals surface area (Å²) < 4.78 is 57.8. The maximum absolute atomic E-state index is 13.2. The smallest absolute Gasteiger partial charge is 0.407 e. The molecular formula is C25H36N4O6S3. The molecule has 0 atom stereocenters. The van der Waals surface area contributed by atoms with Crippen LogP contribution in [0.3, 0.4) is 0 Å². The molecular weight excluding hydrogens is 548 g/mol. The van der Waals surface area contributed by atoms with Crippen LogP contribution in [-0.4, -0.2) is 71.2 Å². The first-order valence-electron chi connectivity index (χ1n) is 13.0. The van der Waals surface area contributed by atoms with E-state index in [1.54, 1.807) is 25.3 Å². The number of benzene rings is 1. The molecule has 10 nitrogen and oxygen atoms in total. The van der Waals surface area contributed by atoms with Crippen LogP contribution in [0.5, 0.6) is 0 Å². The van der Waals surface area contributed by atoms with Crippen LogP contribution in [0.1, 0.15) is 57.4 Å². The Balaban J connectivity index is 1.52. The number of ether oxygens (including phenoxy) is 1. The minimum atomic E-state index is -3.78. The molecule has 2 aliphatic rings. The Morgan fingerprint density at radius 1 is 1.18 bits per heavy atom. The highest BCUT2D eigenvalue weighted by Gasteiger charge is 2.28. The Hall–Kier alpha value is -2.22. The number of hydrogen-bond donors (Lipinski definition) is 2. The summed E-state index contributed by atoms with van der Waals surface area (Å²) in [6.07, 6.45) is 4.59. The zero-order valence-electron chi connectivity index (χ0n) is 22.0. The summed E-state index contributed by atoms with van der Waals surface area (Å²) in [5.74, 6) is 0.356. The quantitative estimate of drug-likeness (QED) is 0.481. The van der Waals surface area contributed by atoms with E-state index >= 15 is 0 Å². The van der Waals surface area contributed by atoms with Gasteiger partial charge in [-0.25, -0.2) is 31.3 Å². The molecule has 1 saturated carbocycles. The number of carbonyl (C=O) groups excluding carboxylic acids is 1. The van der Waals surface area contributed by atoms with Crippen LogP contribution in [-0.2, 0) is 24.6 Å². The Kier molecular flexibility index (Phi) is 9.00. The van der Waals surface area contributed by atoms with Crippen LogP contribution in [0.15, 0.2) is 29.3 Å². The fourth-order valence-corrected chi connectivity index (χ4v) is 8.54. The van der Waals surface area contributed by atoms with Crippen molar-refractivity contribution in [3.05, 3.63) is 29.4 Å². The van der Waals surface area contributed by atoms with Gasteiger partial charge in [0.05, 0.1) is 32.4 Å². The SMILES string of the molecule is CCNS(=O)(=O)c1cc(N2CCS(=O)(=O)CC2)ccc1-c1cnc(C2CCC(NC(=O)OC(C)C)CC2)s1. The van der Waals surface area contributed by atoms with Crippen molar-refractivity contribution in [2.75, 3.05) is 36.0 Å². The number of sulfonamides is 1. The number of amides is 1. The summed E-state index contributed by atoms with van der Waals surface area (Å²) in [5, 5.41) is 3.90. The largest absolute Gasteiger partial charge is 0.447 e. The Labute approximate surface area is 229 Å². The fourth-order valence-electron chi connectivity index (χ4n) is 4.87. The number of alkyl carbamates (subject to hydrolysis) is 1. The van der Waals surface area contributed by atoms with Crippen LogP contribution in [0.2, 0.25) is 0 Å². The van der Waals surface area contributed by atoms with E-state index in [2.05, 4.69) is 15.0 Å². The number of nitrogens with one attached hydrogen (secondary N) is 2. The van der Waals surface area contributed by atoms with Gasteiger partial charge in [-0.1, -0.05) is 13.0 Å². The van der Waals surface area contributed by atoms with Gasteiger partial charge in [-0.15, -0.1) is 11.3 Å². The standard InChI is InChI=1S/C25H36N4O6S3/c1-4-27-38(33,34)23-15-20(29-11-13-37(31,32)14-12-29)9-10-21(23)22-16-26-24(36-22)18-5-7-19(8-6-18)28-25(30)35-17(2)3/h9-10,15-19,27H,4-8,11-14H2,1-3H3,(H,28,30). The summed E-state index contributed by atoms with van der Waals surface area (Å²) in [4.78, 5) is 19.4. The van der Waals surface area contributed by atoms with Crippen molar-refractivity contribution in [1.82, 2.24) is 15.0 Å². The van der Waals surface area contributed by atoms with E-state index in [-0.39, 0.29) is 47.1 Å². The molecule has 2 fully saturated rings. The average molecular weight is 585 g/mol. The lowest BCUT2D eigenvalue weighted by atomic mass is 9.86. The normalized spacial score (nSPS) is 21.8. The second-order valence-electron chi connectivity index (χ2n) is 10.0. The van der Waals surface area contributed by atoms with Gasteiger partial charge in [-0.3, -0.25) is 0 Å². The van der Waals surface area contributed by atoms with Crippen molar-refractivity contribution < 1.29 is 26.4 Å². The van der Waals surface area contributed by atoms with E-state index in [1.165, 1.54) is 11.3 Å². The van der Waals surface area contributed by atoms with Crippen molar-refractivity contribution in [3.8, 4) is 10.4 Å². The van der Waals surface area contributed by atoms with Crippen LogP contribution >= 0.6 is 11.3 Å². The van der Waals surface area contributed by atoms with E-state index in [1.807, 2.05) is 24.8 Å². The molecule has 2 N–H and O–H groups in total. The molecule has 2 heterocycles. The van der Waals surface area contributed by atoms with Crippen LogP contribution in [0, 0.1) is 0 Å². The summed E-state index contributed by atoms with van der Waals surface area (Å²) in [5.41, 5.74) is 1.27. The molecule has 4 rings (SSSR count). The number of anilines is 1. The lowest BCUT2D eigenvalue weighted by molar-refractivity contribution is 0.109. The third kappa shape index (κ3) is 7.04. The molecule has 13 heteroatoms. The third-order valence-electron chi connectivity index (χ3n) is 6.83. The summed E-state index contributed by atoms with van der Waals surface area (Å²) in [6, 6.07) is 5.36. The molecule has 38 heavy (non-hydrogen) atoms. The van der Waals surface area contributed by atoms with Gasteiger partial charge in [-0.2, -0.15) is 0 Å². The van der Waals surface area contributed by atoms with Gasteiger partial charge in [0.1, 0.15) is 0 Å². The second-order valence-corrected chi connectivity index (χ2v) is 15.1. The molecule has 1 saturated heterocycles. The minimum absolute atomic E-state index is 0.0545. The lowest BCUT2D eigenvalue weighted by Gasteiger charge is -2.29. The van der Waals surface area contributed by atoms with Gasteiger partial charge < -0.3 is 15.0 Å². The minimum Gasteiger partial charge on any atom is -0.447 e. The molecule has 0 spiro atoms. The zero-order valence-corrected chi connectivity index (χ0v) is 24.4. The number of nitrogens with zero attached hydrogens (tertiary/aromatic N) is 2. The average Bonchev–Trinajstić information content (AvgIpc) is 3.34. The van der Waals surface area contributed by atoms with Gasteiger partial charge in [0.15, 0.2) is 9.84 Å². The predicted molar refractivity (Wildman–Crippen MR) is 149 cm³/mol. The number of aromatic nitrogens is 1. The molecule has 1 aromatic heterocycles. The predicted octanol–water partition coefficient (Wildman–Crippen LogP) is 3.50. The Morgan fingerprint density at radius 2 is 1.87 bits per heavy atom. The first kappa shape index (κ1) is 28.8. The van der Waals surface area contributed by atoms with Gasteiger partial charge in [-0.05, 0) is 51.7 Å². The van der Waals surface area contributed by atoms with Crippen molar-refractivity contribution >= 4 is 43.0 Å². The lowest BCUT2D eigenvalue weighted by Crippen LogP contribution is -2.40. The summed E-state index contributed by atoms with van der Waals surface area (Å²) in [7, 11) is -6.83. The van der Waals surface area contributed by atoms with E-state index in [0.29, 0.717) is 24.3 Å². The Bertz CT molecular complexity index is 1330. The van der Waals surface area contributed by atoms with Gasteiger partial charge in [0, 0.05) is 49.0 Å². The third-order valence-corrected chi connectivity index (χ3v) is 11.2. The molecule has 0 unspecified atom stereocenters. The molecule has 0 bridgehead atoms. The zero-order chi connectivity index (χ0) is 27.5. The van der Waals surface area contributed by atoms with E-state index in [4.69, 9.17) is 4.74 Å². The number of sulfone groups is 1.